The molecule has 4 aromatic rings. The van der Waals surface area contributed by atoms with Gasteiger partial charge in [-0.15, -0.1) is 0 Å². The largest absolute Gasteiger partial charge is 0.463 e. The number of anilines is 1. The van der Waals surface area contributed by atoms with Crippen molar-refractivity contribution in [1.29, 1.82) is 0 Å². The Kier molecular flexibility index (Phi) is 5.28. The number of aryl methyl sites for hydroxylation is 2. The standard InChI is InChI=1S/C23H20N6O5/c1-13-8-9-14(11-18(13)29(32)33)21(30)25-20-12-17(19-7-4-10-34-19)27-28(20)23-24-16-6-3-2-5-15(16)22(31)26-23/h4,7-12H,2-3,5-6H2,1H3,(H,25,30)(H,24,26,31). The number of nitrogens with zero attached hydrogens (tertiary/aromatic N) is 4. The van der Waals surface area contributed by atoms with Crippen molar-refractivity contribution in [3.63, 3.8) is 0 Å². The van der Waals surface area contributed by atoms with Gasteiger partial charge in [0.25, 0.3) is 17.2 Å². The number of nitro benzene ring substituents is 1. The molecular weight excluding hydrogens is 440 g/mol. The number of aromatic nitrogens is 4. The minimum absolute atomic E-state index is 0.108. The normalized spacial score (nSPS) is 12.9. The highest BCUT2D eigenvalue weighted by atomic mass is 16.6. The minimum atomic E-state index is -0.574. The van der Waals surface area contributed by atoms with E-state index in [1.54, 1.807) is 25.1 Å². The number of rotatable bonds is 5. The lowest BCUT2D eigenvalue weighted by molar-refractivity contribution is -0.385. The zero-order valence-corrected chi connectivity index (χ0v) is 18.2. The Bertz CT molecular complexity index is 1470. The van der Waals surface area contributed by atoms with Crippen LogP contribution in [0.1, 0.15) is 40.0 Å². The van der Waals surface area contributed by atoms with Gasteiger partial charge in [0.15, 0.2) is 5.76 Å². The summed E-state index contributed by atoms with van der Waals surface area (Å²) in [4.78, 5) is 43.8. The molecule has 0 unspecified atom stereocenters. The number of carbonyl (C=O) groups is 1. The highest BCUT2D eigenvalue weighted by molar-refractivity contribution is 6.04. The fraction of sp³-hybridized carbons (Fsp3) is 0.217. The van der Waals surface area contributed by atoms with Gasteiger partial charge in [-0.3, -0.25) is 24.7 Å². The number of furan rings is 1. The van der Waals surface area contributed by atoms with Crippen molar-refractivity contribution in [2.24, 2.45) is 0 Å². The highest BCUT2D eigenvalue weighted by Crippen LogP contribution is 2.26. The van der Waals surface area contributed by atoms with Crippen molar-refractivity contribution in [3.8, 4) is 17.4 Å². The van der Waals surface area contributed by atoms with Crippen LogP contribution in [-0.4, -0.2) is 30.6 Å². The second-order valence-electron chi connectivity index (χ2n) is 8.04. The molecule has 11 nitrogen and oxygen atoms in total. The number of amides is 1. The lowest BCUT2D eigenvalue weighted by Gasteiger charge is -2.15. The first-order valence-electron chi connectivity index (χ1n) is 10.7. The van der Waals surface area contributed by atoms with Crippen molar-refractivity contribution >= 4 is 17.4 Å². The van der Waals surface area contributed by atoms with Gasteiger partial charge in [-0.05, 0) is 50.8 Å². The Labute approximate surface area is 192 Å². The van der Waals surface area contributed by atoms with Crippen LogP contribution in [0.15, 0.2) is 51.9 Å². The molecule has 1 aliphatic carbocycles. The second kappa shape index (κ2) is 8.43. The Balaban J connectivity index is 1.57. The smallest absolute Gasteiger partial charge is 0.273 e. The average molecular weight is 460 g/mol. The third kappa shape index (κ3) is 3.87. The van der Waals surface area contributed by atoms with Crippen LogP contribution >= 0.6 is 0 Å². The summed E-state index contributed by atoms with van der Waals surface area (Å²) >= 11 is 0. The molecule has 11 heteroatoms. The van der Waals surface area contributed by atoms with Crippen LogP contribution in [0.4, 0.5) is 11.5 Å². The van der Waals surface area contributed by atoms with Crippen LogP contribution in [0.5, 0.6) is 0 Å². The maximum atomic E-state index is 13.0. The fourth-order valence-corrected chi connectivity index (χ4v) is 4.00. The molecule has 0 radical (unpaired) electrons. The Hall–Kier alpha value is -4.54. The molecule has 1 aliphatic rings. The lowest BCUT2D eigenvalue weighted by atomic mass is 9.97. The third-order valence-corrected chi connectivity index (χ3v) is 5.77. The Morgan fingerprint density at radius 3 is 2.82 bits per heavy atom. The first-order chi connectivity index (χ1) is 16.4. The van der Waals surface area contributed by atoms with Gasteiger partial charge in [0.1, 0.15) is 11.5 Å². The molecule has 1 aromatic carbocycles. The van der Waals surface area contributed by atoms with Crippen LogP contribution in [0.3, 0.4) is 0 Å². The van der Waals surface area contributed by atoms with Gasteiger partial charge in [0, 0.05) is 28.8 Å². The van der Waals surface area contributed by atoms with Gasteiger partial charge in [-0.2, -0.15) is 9.78 Å². The average Bonchev–Trinajstić information content (AvgIpc) is 3.49. The summed E-state index contributed by atoms with van der Waals surface area (Å²) < 4.78 is 6.76. The summed E-state index contributed by atoms with van der Waals surface area (Å²) in [5, 5.41) is 18.5. The SMILES string of the molecule is Cc1ccc(C(=O)Nc2cc(-c3ccco3)nn2-c2nc3c(c(=O)[nH]2)CCCC3)cc1[N+](=O)[O-]. The molecule has 0 atom stereocenters. The molecule has 1 amide bonds. The summed E-state index contributed by atoms with van der Waals surface area (Å²) in [5.74, 6) is 0.267. The van der Waals surface area contributed by atoms with E-state index in [0.717, 1.165) is 12.8 Å². The van der Waals surface area contributed by atoms with Crippen LogP contribution in [0.2, 0.25) is 0 Å². The van der Waals surface area contributed by atoms with Crippen molar-refractivity contribution < 1.29 is 14.1 Å². The third-order valence-electron chi connectivity index (χ3n) is 5.77. The topological polar surface area (TPSA) is 149 Å². The Morgan fingerprint density at radius 2 is 2.06 bits per heavy atom. The fourth-order valence-electron chi connectivity index (χ4n) is 4.00. The van der Waals surface area contributed by atoms with Crippen LogP contribution < -0.4 is 10.9 Å². The summed E-state index contributed by atoms with van der Waals surface area (Å²) in [7, 11) is 0. The zero-order valence-electron chi connectivity index (χ0n) is 18.2. The Morgan fingerprint density at radius 1 is 1.24 bits per heavy atom. The first kappa shape index (κ1) is 21.3. The predicted octanol–water partition coefficient (Wildman–Crippen LogP) is 3.56. The summed E-state index contributed by atoms with van der Waals surface area (Å²) in [5.41, 5.74) is 1.96. The number of benzene rings is 1. The number of nitro groups is 1. The molecule has 34 heavy (non-hydrogen) atoms. The zero-order chi connectivity index (χ0) is 23.8. The maximum Gasteiger partial charge on any atom is 0.273 e. The van der Waals surface area contributed by atoms with Gasteiger partial charge in [-0.1, -0.05) is 6.07 Å². The van der Waals surface area contributed by atoms with Crippen LogP contribution in [0.25, 0.3) is 17.4 Å². The molecule has 0 saturated carbocycles. The molecule has 0 fully saturated rings. The van der Waals surface area contributed by atoms with E-state index < -0.39 is 10.8 Å². The van der Waals surface area contributed by atoms with Crippen molar-refractivity contribution in [3.05, 3.63) is 85.5 Å². The van der Waals surface area contributed by atoms with E-state index in [2.05, 4.69) is 20.4 Å². The first-order valence-corrected chi connectivity index (χ1v) is 10.7. The monoisotopic (exact) mass is 460 g/mol. The summed E-state index contributed by atoms with van der Waals surface area (Å²) in [6.07, 6.45) is 4.73. The van der Waals surface area contributed by atoms with Crippen LogP contribution in [0, 0.1) is 17.0 Å². The number of hydrogen-bond donors (Lipinski definition) is 2. The van der Waals surface area contributed by atoms with Gasteiger partial charge in [-0.25, -0.2) is 4.98 Å². The molecule has 172 valence electrons. The van der Waals surface area contributed by atoms with E-state index in [-0.39, 0.29) is 28.6 Å². The van der Waals surface area contributed by atoms with E-state index in [9.17, 15) is 19.7 Å². The van der Waals surface area contributed by atoms with Gasteiger partial charge < -0.3 is 9.73 Å². The quantitative estimate of drug-likeness (QED) is 0.341. The molecule has 0 spiro atoms. The van der Waals surface area contributed by atoms with Gasteiger partial charge in [0.05, 0.1) is 16.9 Å². The van der Waals surface area contributed by atoms with E-state index >= 15 is 0 Å². The van der Waals surface area contributed by atoms with Crippen LogP contribution in [-0.2, 0) is 12.8 Å². The van der Waals surface area contributed by atoms with Crippen molar-refractivity contribution in [2.75, 3.05) is 5.32 Å². The van der Waals surface area contributed by atoms with Gasteiger partial charge in [0.2, 0.25) is 5.95 Å². The summed E-state index contributed by atoms with van der Waals surface area (Å²) in [6.45, 7) is 1.60. The number of H-pyrrole nitrogens is 1. The molecule has 2 N–H and O–H groups in total. The number of carbonyl (C=O) groups excluding carboxylic acids is 1. The molecular formula is C23H20N6O5. The second-order valence-corrected chi connectivity index (χ2v) is 8.04. The lowest BCUT2D eigenvalue weighted by Crippen LogP contribution is -2.24. The number of hydrogen-bond acceptors (Lipinski definition) is 7. The molecule has 0 saturated heterocycles. The van der Waals surface area contributed by atoms with E-state index in [1.165, 1.54) is 29.1 Å². The van der Waals surface area contributed by atoms with E-state index in [4.69, 9.17) is 4.42 Å². The minimum Gasteiger partial charge on any atom is -0.463 e. The van der Waals surface area contributed by atoms with E-state index in [1.807, 2.05) is 0 Å². The van der Waals surface area contributed by atoms with Crippen molar-refractivity contribution in [1.82, 2.24) is 19.7 Å². The number of aromatic amines is 1. The van der Waals surface area contributed by atoms with Gasteiger partial charge >= 0.3 is 0 Å². The van der Waals surface area contributed by atoms with Crippen molar-refractivity contribution in [2.45, 2.75) is 32.6 Å². The maximum absolute atomic E-state index is 13.0. The highest BCUT2D eigenvalue weighted by Gasteiger charge is 2.22. The molecule has 3 aromatic heterocycles. The van der Waals surface area contributed by atoms with E-state index in [0.29, 0.717) is 41.1 Å². The molecule has 3 heterocycles. The summed E-state index contributed by atoms with van der Waals surface area (Å²) in [6, 6.07) is 9.24. The molecule has 5 rings (SSSR count). The predicted molar refractivity (Wildman–Crippen MR) is 122 cm³/mol. The molecule has 0 aliphatic heterocycles. The number of nitrogens with one attached hydrogen (secondary N) is 2. The molecule has 0 bridgehead atoms. The number of fused-ring (bicyclic) bond motifs is 1.